The minimum absolute atomic E-state index is 0.0522. The number of nitrogens with one attached hydrogen (secondary N) is 2. The molecule has 238 valence electrons. The number of hydrogen-bond acceptors (Lipinski definition) is 7. The molecule has 2 rings (SSSR count). The Morgan fingerprint density at radius 2 is 1.50 bits per heavy atom. The Morgan fingerprint density at radius 3 is 2.09 bits per heavy atom. The standard InChI is InChI=1S/C30H42N8O6/c1-19(31)35-24(17-21-10-12-22(39)13-11-21)28(43)36-23(9-6-15-34-30(32)33)27(42)37-25(18-20-7-4-3-5-8-20)29(44)38(2)16-14-26(40)41/h3-5,7-8,10-13,23-25,39H,6,9,14-18H2,1-2H3,(H2,31,35)(H,36,43)(H,37,42)(H,40,41)(H4,32,33,34)/t23-,24+,25+/m1/s1. The molecule has 10 N–H and O–H groups in total. The Hall–Kier alpha value is -5.14. The lowest BCUT2D eigenvalue weighted by atomic mass is 10.0. The van der Waals surface area contributed by atoms with E-state index in [1.54, 1.807) is 36.4 Å². The lowest BCUT2D eigenvalue weighted by molar-refractivity contribution is -0.139. The number of aromatic hydroxyl groups is 1. The molecule has 3 amide bonds. The molecule has 44 heavy (non-hydrogen) atoms. The summed E-state index contributed by atoms with van der Waals surface area (Å²) in [4.78, 5) is 61.0. The van der Waals surface area contributed by atoms with Crippen LogP contribution in [0.25, 0.3) is 0 Å². The van der Waals surface area contributed by atoms with Crippen LogP contribution in [-0.2, 0) is 32.0 Å². The Bertz CT molecular complexity index is 1310. The number of amidine groups is 1. The summed E-state index contributed by atoms with van der Waals surface area (Å²) in [6.07, 6.45) is 0.478. The van der Waals surface area contributed by atoms with Crippen LogP contribution in [0.4, 0.5) is 0 Å². The molecule has 0 saturated carbocycles. The SMILES string of the molecule is CC(N)=N[C@@H](Cc1ccc(O)cc1)C(=O)N[C@H](CCCN=C(N)N)C(=O)N[C@@H](Cc1ccccc1)C(=O)N(C)CCC(=O)O. The summed E-state index contributed by atoms with van der Waals surface area (Å²) in [5, 5.41) is 24.2. The van der Waals surface area contributed by atoms with Gasteiger partial charge in [0.15, 0.2) is 5.96 Å². The number of likely N-dealkylation sites (N-methyl/N-ethyl adjacent to an activating group) is 1. The first-order valence-corrected chi connectivity index (χ1v) is 14.1. The first-order chi connectivity index (χ1) is 20.8. The molecule has 0 fully saturated rings. The van der Waals surface area contributed by atoms with Crippen LogP contribution in [0.2, 0.25) is 0 Å². The Balaban J connectivity index is 2.31. The summed E-state index contributed by atoms with van der Waals surface area (Å²) in [5.74, 6) is -2.63. The van der Waals surface area contributed by atoms with Crippen molar-refractivity contribution in [1.82, 2.24) is 15.5 Å². The zero-order valence-electron chi connectivity index (χ0n) is 25.0. The van der Waals surface area contributed by atoms with E-state index in [0.717, 1.165) is 5.56 Å². The second kappa shape index (κ2) is 17.7. The second-order valence-corrected chi connectivity index (χ2v) is 10.3. The van der Waals surface area contributed by atoms with E-state index in [1.165, 1.54) is 31.0 Å². The number of rotatable bonds is 17. The minimum Gasteiger partial charge on any atom is -0.508 e. The predicted molar refractivity (Wildman–Crippen MR) is 167 cm³/mol. The molecular weight excluding hydrogens is 568 g/mol. The molecule has 0 unspecified atom stereocenters. The number of carboxylic acids is 1. The van der Waals surface area contributed by atoms with Crippen molar-refractivity contribution in [2.24, 2.45) is 27.2 Å². The smallest absolute Gasteiger partial charge is 0.305 e. The molecular formula is C30H42N8O6. The average molecular weight is 611 g/mol. The highest BCUT2D eigenvalue weighted by atomic mass is 16.4. The number of aliphatic imine (C=N–C) groups is 2. The largest absolute Gasteiger partial charge is 0.508 e. The van der Waals surface area contributed by atoms with E-state index < -0.39 is 41.8 Å². The fourth-order valence-electron chi connectivity index (χ4n) is 4.30. The number of aliphatic carboxylic acids is 1. The van der Waals surface area contributed by atoms with Gasteiger partial charge in [-0.25, -0.2) is 0 Å². The first-order valence-electron chi connectivity index (χ1n) is 14.1. The molecule has 2 aromatic carbocycles. The highest BCUT2D eigenvalue weighted by Crippen LogP contribution is 2.14. The maximum atomic E-state index is 13.7. The third-order valence-electron chi connectivity index (χ3n) is 6.54. The van der Waals surface area contributed by atoms with Crippen LogP contribution in [0.3, 0.4) is 0 Å². The maximum absolute atomic E-state index is 13.7. The van der Waals surface area contributed by atoms with Crippen LogP contribution in [0.5, 0.6) is 5.75 Å². The molecule has 0 saturated heterocycles. The van der Waals surface area contributed by atoms with Crippen LogP contribution >= 0.6 is 0 Å². The van der Waals surface area contributed by atoms with E-state index in [9.17, 15) is 24.3 Å². The van der Waals surface area contributed by atoms with Gasteiger partial charge in [0.05, 0.1) is 12.3 Å². The number of carbonyl (C=O) groups is 4. The zero-order chi connectivity index (χ0) is 32.6. The normalized spacial score (nSPS) is 13.2. The van der Waals surface area contributed by atoms with Crippen molar-refractivity contribution in [2.45, 2.75) is 57.2 Å². The van der Waals surface area contributed by atoms with Crippen molar-refractivity contribution in [3.8, 4) is 5.75 Å². The van der Waals surface area contributed by atoms with Crippen molar-refractivity contribution >= 4 is 35.5 Å². The summed E-state index contributed by atoms with van der Waals surface area (Å²) in [6, 6.07) is 12.2. The van der Waals surface area contributed by atoms with Gasteiger partial charge >= 0.3 is 5.97 Å². The van der Waals surface area contributed by atoms with Gasteiger partial charge in [-0.15, -0.1) is 0 Å². The second-order valence-electron chi connectivity index (χ2n) is 10.3. The van der Waals surface area contributed by atoms with Crippen LogP contribution in [0.15, 0.2) is 64.6 Å². The number of hydrogen-bond donors (Lipinski definition) is 7. The van der Waals surface area contributed by atoms with Crippen LogP contribution in [0.1, 0.15) is 37.3 Å². The van der Waals surface area contributed by atoms with Gasteiger partial charge in [0.25, 0.3) is 0 Å². The van der Waals surface area contributed by atoms with Crippen LogP contribution in [-0.4, -0.2) is 88.9 Å². The zero-order valence-corrected chi connectivity index (χ0v) is 25.0. The third kappa shape index (κ3) is 12.8. The predicted octanol–water partition coefficient (Wildman–Crippen LogP) is -0.121. The molecule has 0 aliphatic rings. The number of carbonyl (C=O) groups excluding carboxylic acids is 3. The van der Waals surface area contributed by atoms with Gasteiger partial charge in [0.1, 0.15) is 23.9 Å². The van der Waals surface area contributed by atoms with Crippen molar-refractivity contribution in [3.63, 3.8) is 0 Å². The minimum atomic E-state index is -1.09. The van der Waals surface area contributed by atoms with Gasteiger partial charge in [-0.3, -0.25) is 29.2 Å². The van der Waals surface area contributed by atoms with E-state index in [2.05, 4.69) is 20.6 Å². The first kappa shape index (κ1) is 35.1. The third-order valence-corrected chi connectivity index (χ3v) is 6.54. The topological polar surface area (TPSA) is 239 Å². The number of phenols is 1. The van der Waals surface area contributed by atoms with Gasteiger partial charge in [-0.05, 0) is 43.0 Å². The average Bonchev–Trinajstić information content (AvgIpc) is 2.97. The molecule has 14 heteroatoms. The summed E-state index contributed by atoms with van der Waals surface area (Å²) in [6.45, 7) is 1.68. The fraction of sp³-hybridized carbons (Fsp3) is 0.400. The number of nitrogens with two attached hydrogens (primary N) is 3. The van der Waals surface area contributed by atoms with E-state index in [-0.39, 0.29) is 56.3 Å². The van der Waals surface area contributed by atoms with Gasteiger partial charge in [0.2, 0.25) is 17.7 Å². The molecule has 14 nitrogen and oxygen atoms in total. The highest BCUT2D eigenvalue weighted by Gasteiger charge is 2.30. The summed E-state index contributed by atoms with van der Waals surface area (Å²) in [5.41, 5.74) is 18.1. The molecule has 2 aromatic rings. The Labute approximate surface area is 256 Å². The van der Waals surface area contributed by atoms with Crippen LogP contribution in [0, 0.1) is 0 Å². The van der Waals surface area contributed by atoms with E-state index >= 15 is 0 Å². The fourth-order valence-corrected chi connectivity index (χ4v) is 4.30. The quantitative estimate of drug-likeness (QED) is 0.0716. The molecule has 0 aromatic heterocycles. The van der Waals surface area contributed by atoms with Crippen molar-refractivity contribution in [3.05, 3.63) is 65.7 Å². The number of phenolic OH excluding ortho intramolecular Hbond substituents is 1. The Morgan fingerprint density at radius 1 is 0.886 bits per heavy atom. The summed E-state index contributed by atoms with van der Waals surface area (Å²) in [7, 11) is 1.46. The Kier molecular flexibility index (Phi) is 14.1. The van der Waals surface area contributed by atoms with E-state index in [1.807, 2.05) is 6.07 Å². The van der Waals surface area contributed by atoms with Crippen molar-refractivity contribution in [1.29, 1.82) is 0 Å². The van der Waals surface area contributed by atoms with Gasteiger partial charge in [-0.1, -0.05) is 42.5 Å². The lowest BCUT2D eigenvalue weighted by Gasteiger charge is -2.27. The molecule has 0 aliphatic carbocycles. The molecule has 3 atom stereocenters. The van der Waals surface area contributed by atoms with Crippen LogP contribution < -0.4 is 27.8 Å². The van der Waals surface area contributed by atoms with Gasteiger partial charge < -0.3 is 42.9 Å². The maximum Gasteiger partial charge on any atom is 0.305 e. The molecule has 0 radical (unpaired) electrons. The van der Waals surface area contributed by atoms with Gasteiger partial charge in [0, 0.05) is 33.0 Å². The number of amides is 3. The number of carboxylic acid groups (broad SMARTS) is 1. The highest BCUT2D eigenvalue weighted by molar-refractivity contribution is 5.94. The number of guanidine groups is 1. The number of benzene rings is 2. The monoisotopic (exact) mass is 610 g/mol. The van der Waals surface area contributed by atoms with Crippen molar-refractivity contribution in [2.75, 3.05) is 20.1 Å². The van der Waals surface area contributed by atoms with E-state index in [4.69, 9.17) is 22.3 Å². The van der Waals surface area contributed by atoms with E-state index in [0.29, 0.717) is 12.0 Å². The number of nitrogens with zero attached hydrogens (tertiary/aromatic N) is 3. The van der Waals surface area contributed by atoms with Crippen molar-refractivity contribution < 1.29 is 29.4 Å². The van der Waals surface area contributed by atoms with Gasteiger partial charge in [-0.2, -0.15) is 0 Å². The molecule has 0 aliphatic heterocycles. The summed E-state index contributed by atoms with van der Waals surface area (Å²) >= 11 is 0. The molecule has 0 spiro atoms. The summed E-state index contributed by atoms with van der Waals surface area (Å²) < 4.78 is 0. The molecule has 0 bridgehead atoms. The molecule has 0 heterocycles. The lowest BCUT2D eigenvalue weighted by Crippen LogP contribution is -2.56.